The van der Waals surface area contributed by atoms with Gasteiger partial charge in [0.1, 0.15) is 0 Å². The fourth-order valence-electron chi connectivity index (χ4n) is 0.214. The van der Waals surface area contributed by atoms with Crippen molar-refractivity contribution < 1.29 is 54.4 Å². The average molecular weight is 280 g/mol. The summed E-state index contributed by atoms with van der Waals surface area (Å²) in [6.45, 7) is 0. The Labute approximate surface area is 90.0 Å². The van der Waals surface area contributed by atoms with Gasteiger partial charge in [0.05, 0.1) is 12.8 Å². The first-order chi connectivity index (χ1) is 5.63. The van der Waals surface area contributed by atoms with Crippen LogP contribution in [0.5, 0.6) is 0 Å². The Morgan fingerprint density at radius 3 is 1.14 bits per heavy atom. The summed E-state index contributed by atoms with van der Waals surface area (Å²) in [7, 11) is -4.67. The molecule has 8 nitrogen and oxygen atoms in total. The molecular weight excluding hydrogens is 272 g/mol. The summed E-state index contributed by atoms with van der Waals surface area (Å²) in [6.07, 6.45) is -0.593. The Hall–Kier alpha value is -0.671. The third-order valence-corrected chi connectivity index (χ3v) is 0.553. The second kappa shape index (κ2) is 8.91. The summed E-state index contributed by atoms with van der Waals surface area (Å²) in [4.78, 5) is 19.3. The van der Waals surface area contributed by atoms with Gasteiger partial charge in [0.15, 0.2) is 0 Å². The Kier molecular flexibility index (Phi) is 12.1. The molecular formula is C4H8CuO8S. The molecule has 0 aromatic rings. The fourth-order valence-corrected chi connectivity index (χ4v) is 0.214. The van der Waals surface area contributed by atoms with Crippen LogP contribution in [0.25, 0.3) is 0 Å². The van der Waals surface area contributed by atoms with E-state index < -0.39 is 22.3 Å². The third kappa shape index (κ3) is 64.5. The Morgan fingerprint density at radius 2 is 1.07 bits per heavy atom. The molecule has 0 fully saturated rings. The van der Waals surface area contributed by atoms with Gasteiger partial charge in [0, 0.05) is 17.1 Å². The number of hydrogen-bond acceptors (Lipinski definition) is 4. The maximum atomic E-state index is 9.64. The summed E-state index contributed by atoms with van der Waals surface area (Å²) < 4.78 is 31.6. The van der Waals surface area contributed by atoms with E-state index in [1.807, 2.05) is 0 Å². The predicted molar refractivity (Wildman–Crippen MR) is 38.7 cm³/mol. The van der Waals surface area contributed by atoms with Crippen LogP contribution < -0.4 is 0 Å². The molecule has 1 radical (unpaired) electrons. The van der Waals surface area contributed by atoms with Crippen LogP contribution in [0.1, 0.15) is 12.8 Å². The van der Waals surface area contributed by atoms with Crippen LogP contribution in [0.2, 0.25) is 0 Å². The molecule has 0 unspecified atom stereocenters. The van der Waals surface area contributed by atoms with Crippen molar-refractivity contribution in [2.45, 2.75) is 12.8 Å². The van der Waals surface area contributed by atoms with Crippen LogP contribution in [-0.4, -0.2) is 39.7 Å². The van der Waals surface area contributed by atoms with Gasteiger partial charge in [-0.05, 0) is 0 Å². The van der Waals surface area contributed by atoms with Gasteiger partial charge in [-0.25, -0.2) is 0 Å². The third-order valence-electron chi connectivity index (χ3n) is 0.553. The van der Waals surface area contributed by atoms with E-state index in [9.17, 15) is 9.59 Å². The first kappa shape index (κ1) is 19.0. The van der Waals surface area contributed by atoms with Crippen molar-refractivity contribution in [1.29, 1.82) is 0 Å². The average Bonchev–Trinajstić information content (AvgIpc) is 1.79. The molecule has 0 aromatic carbocycles. The van der Waals surface area contributed by atoms with Crippen LogP contribution in [0, 0.1) is 0 Å². The summed E-state index contributed by atoms with van der Waals surface area (Å²) in [5.41, 5.74) is 0. The Balaban J connectivity index is -0.000000177. The minimum atomic E-state index is -4.67. The van der Waals surface area contributed by atoms with Crippen LogP contribution in [0.4, 0.5) is 0 Å². The Morgan fingerprint density at radius 1 is 0.929 bits per heavy atom. The zero-order valence-corrected chi connectivity index (χ0v) is 8.30. The van der Waals surface area contributed by atoms with Crippen molar-refractivity contribution in [2.75, 3.05) is 0 Å². The predicted octanol–water partition coefficient (Wildman–Crippen LogP) is -0.719. The van der Waals surface area contributed by atoms with E-state index in [1.54, 1.807) is 0 Å². The number of rotatable bonds is 3. The minimum Gasteiger partial charge on any atom is -0.481 e. The summed E-state index contributed by atoms with van der Waals surface area (Å²) in [5.74, 6) is -2.15. The SMILES string of the molecule is O=C(O)CCC(=O)O.O=S(=O)(O)O.[Cu]. The van der Waals surface area contributed by atoms with Gasteiger partial charge in [-0.15, -0.1) is 0 Å². The molecule has 0 heterocycles. The van der Waals surface area contributed by atoms with Crippen molar-refractivity contribution >= 4 is 22.3 Å². The van der Waals surface area contributed by atoms with E-state index in [4.69, 9.17) is 27.7 Å². The number of carbonyl (C=O) groups is 2. The van der Waals surface area contributed by atoms with Crippen LogP contribution >= 0.6 is 0 Å². The van der Waals surface area contributed by atoms with E-state index in [2.05, 4.69) is 0 Å². The molecule has 0 saturated heterocycles. The maximum Gasteiger partial charge on any atom is 0.394 e. The minimum absolute atomic E-state index is 0. The van der Waals surface area contributed by atoms with Crippen molar-refractivity contribution in [2.24, 2.45) is 0 Å². The quantitative estimate of drug-likeness (QED) is 0.390. The molecule has 0 aliphatic carbocycles. The van der Waals surface area contributed by atoms with E-state index in [0.717, 1.165) is 0 Å². The summed E-state index contributed by atoms with van der Waals surface area (Å²) in [6, 6.07) is 0. The summed E-state index contributed by atoms with van der Waals surface area (Å²) >= 11 is 0. The molecule has 0 aliphatic heterocycles. The molecule has 0 saturated carbocycles. The smallest absolute Gasteiger partial charge is 0.394 e. The van der Waals surface area contributed by atoms with Gasteiger partial charge in [-0.1, -0.05) is 0 Å². The van der Waals surface area contributed by atoms with Crippen molar-refractivity contribution in [3.8, 4) is 0 Å². The molecule has 0 aliphatic rings. The van der Waals surface area contributed by atoms with Crippen molar-refractivity contribution in [3.63, 3.8) is 0 Å². The molecule has 89 valence electrons. The largest absolute Gasteiger partial charge is 0.481 e. The van der Waals surface area contributed by atoms with Crippen molar-refractivity contribution in [1.82, 2.24) is 0 Å². The normalized spacial score (nSPS) is 9.00. The Bertz CT molecular complexity index is 247. The zero-order chi connectivity index (χ0) is 11.1. The zero-order valence-electron chi connectivity index (χ0n) is 6.55. The summed E-state index contributed by atoms with van der Waals surface area (Å²) in [5, 5.41) is 15.8. The first-order valence-electron chi connectivity index (χ1n) is 2.76. The number of carboxylic acid groups (broad SMARTS) is 2. The van der Waals surface area contributed by atoms with Crippen LogP contribution in [-0.2, 0) is 37.1 Å². The fraction of sp³-hybridized carbons (Fsp3) is 0.500. The number of carboxylic acids is 2. The van der Waals surface area contributed by atoms with Gasteiger partial charge in [-0.3, -0.25) is 18.7 Å². The van der Waals surface area contributed by atoms with Gasteiger partial charge >= 0.3 is 22.3 Å². The van der Waals surface area contributed by atoms with Gasteiger partial charge in [0.25, 0.3) is 0 Å². The maximum absolute atomic E-state index is 9.64. The number of aliphatic carboxylic acids is 2. The van der Waals surface area contributed by atoms with Gasteiger partial charge in [-0.2, -0.15) is 8.42 Å². The topological polar surface area (TPSA) is 149 Å². The molecule has 4 N–H and O–H groups in total. The molecule has 0 amide bonds. The molecule has 0 rings (SSSR count). The van der Waals surface area contributed by atoms with Crippen LogP contribution in [0.15, 0.2) is 0 Å². The first-order valence-corrected chi connectivity index (χ1v) is 4.16. The standard InChI is InChI=1S/C4H6O4.Cu.H2O4S/c5-3(6)1-2-4(7)8;;1-5(2,3)4/h1-2H2,(H,5,6)(H,7,8);;(H2,1,2,3,4). The molecule has 14 heavy (non-hydrogen) atoms. The second-order valence-corrected chi connectivity index (χ2v) is 2.63. The van der Waals surface area contributed by atoms with Crippen LogP contribution in [0.3, 0.4) is 0 Å². The molecule has 0 spiro atoms. The molecule has 0 aromatic heterocycles. The molecule has 10 heteroatoms. The molecule has 0 atom stereocenters. The van der Waals surface area contributed by atoms with Gasteiger partial charge < -0.3 is 10.2 Å². The van der Waals surface area contributed by atoms with E-state index in [0.29, 0.717) is 0 Å². The van der Waals surface area contributed by atoms with E-state index in [1.165, 1.54) is 0 Å². The second-order valence-electron chi connectivity index (χ2n) is 1.74. The van der Waals surface area contributed by atoms with E-state index in [-0.39, 0.29) is 29.9 Å². The van der Waals surface area contributed by atoms with Gasteiger partial charge in [0.2, 0.25) is 0 Å². The monoisotopic (exact) mass is 279 g/mol. The van der Waals surface area contributed by atoms with Crippen molar-refractivity contribution in [3.05, 3.63) is 0 Å². The van der Waals surface area contributed by atoms with E-state index >= 15 is 0 Å². The number of hydrogen-bond donors (Lipinski definition) is 4. The molecule has 0 bridgehead atoms.